The number of benzene rings is 1. The van der Waals surface area contributed by atoms with E-state index in [-0.39, 0.29) is 5.41 Å². The number of nitrogens with two attached hydrogens (primary N) is 1. The fraction of sp³-hybridized carbons (Fsp3) is 0.273. The third-order valence-corrected chi connectivity index (χ3v) is 2.98. The van der Waals surface area contributed by atoms with Gasteiger partial charge in [-0.25, -0.2) is 0 Å². The second kappa shape index (κ2) is 2.82. The Balaban J connectivity index is 2.04. The van der Waals surface area contributed by atoms with Gasteiger partial charge >= 0.3 is 0 Å². The second-order valence-electron chi connectivity index (χ2n) is 3.95. The van der Waals surface area contributed by atoms with E-state index in [1.807, 2.05) is 24.3 Å². The topological polar surface area (TPSA) is 64.9 Å². The van der Waals surface area contributed by atoms with E-state index in [2.05, 4.69) is 10.1 Å². The Morgan fingerprint density at radius 1 is 1.20 bits per heavy atom. The summed E-state index contributed by atoms with van der Waals surface area (Å²) in [6.07, 6.45) is 3.59. The van der Waals surface area contributed by atoms with Crippen molar-refractivity contribution in [2.45, 2.75) is 18.3 Å². The van der Waals surface area contributed by atoms with Gasteiger partial charge in [0.1, 0.15) is 0 Å². The molecule has 1 fully saturated rings. The lowest BCUT2D eigenvalue weighted by Crippen LogP contribution is -2.08. The maximum Gasteiger partial charge on any atom is 0.237 e. The summed E-state index contributed by atoms with van der Waals surface area (Å²) < 4.78 is 5.15. The minimum atomic E-state index is -0.0375. The number of aromatic nitrogens is 2. The van der Waals surface area contributed by atoms with Gasteiger partial charge in [0.15, 0.2) is 6.33 Å². The maximum atomic E-state index is 5.66. The highest BCUT2D eigenvalue weighted by molar-refractivity contribution is 5.45. The minimum absolute atomic E-state index is 0.0375. The average molecular weight is 201 g/mol. The lowest BCUT2D eigenvalue weighted by molar-refractivity contribution is 0.359. The Morgan fingerprint density at radius 3 is 2.47 bits per heavy atom. The van der Waals surface area contributed by atoms with Crippen molar-refractivity contribution in [2.75, 3.05) is 5.73 Å². The molecule has 0 bridgehead atoms. The molecule has 15 heavy (non-hydrogen) atoms. The van der Waals surface area contributed by atoms with Crippen LogP contribution in [0, 0.1) is 0 Å². The summed E-state index contributed by atoms with van der Waals surface area (Å²) in [4.78, 5) is 4.14. The highest BCUT2D eigenvalue weighted by Crippen LogP contribution is 2.52. The Morgan fingerprint density at radius 2 is 1.93 bits per heavy atom. The molecule has 1 aliphatic carbocycles. The highest BCUT2D eigenvalue weighted by Gasteiger charge is 2.50. The van der Waals surface area contributed by atoms with Gasteiger partial charge in [0, 0.05) is 5.69 Å². The minimum Gasteiger partial charge on any atom is -0.399 e. The molecule has 0 saturated heterocycles. The predicted octanol–water partition coefficient (Wildman–Crippen LogP) is 1.73. The zero-order valence-electron chi connectivity index (χ0n) is 8.18. The fourth-order valence-corrected chi connectivity index (χ4v) is 1.94. The molecule has 0 spiro atoms. The third-order valence-electron chi connectivity index (χ3n) is 2.98. The summed E-state index contributed by atoms with van der Waals surface area (Å²) in [5.74, 6) is 0.715. The number of anilines is 1. The average Bonchev–Trinajstić information content (AvgIpc) is 2.88. The SMILES string of the molecule is Nc1ccc(C2(c3ncno3)CC2)cc1. The van der Waals surface area contributed by atoms with Gasteiger partial charge in [-0.15, -0.1) is 0 Å². The van der Waals surface area contributed by atoms with Crippen molar-refractivity contribution in [1.29, 1.82) is 0 Å². The Kier molecular flexibility index (Phi) is 1.59. The van der Waals surface area contributed by atoms with Crippen molar-refractivity contribution in [3.8, 4) is 0 Å². The molecule has 1 aromatic carbocycles. The fourth-order valence-electron chi connectivity index (χ4n) is 1.94. The summed E-state index contributed by atoms with van der Waals surface area (Å²) in [5.41, 5.74) is 7.61. The van der Waals surface area contributed by atoms with Crippen molar-refractivity contribution in [1.82, 2.24) is 10.1 Å². The van der Waals surface area contributed by atoms with Gasteiger partial charge < -0.3 is 10.3 Å². The van der Waals surface area contributed by atoms with Crippen LogP contribution in [0.3, 0.4) is 0 Å². The van der Waals surface area contributed by atoms with Crippen molar-refractivity contribution >= 4 is 5.69 Å². The number of hydrogen-bond donors (Lipinski definition) is 1. The van der Waals surface area contributed by atoms with Crippen molar-refractivity contribution in [3.63, 3.8) is 0 Å². The molecule has 0 atom stereocenters. The molecule has 3 rings (SSSR count). The molecule has 0 unspecified atom stereocenters. The monoisotopic (exact) mass is 201 g/mol. The van der Waals surface area contributed by atoms with Crippen LogP contribution in [0.5, 0.6) is 0 Å². The van der Waals surface area contributed by atoms with Crippen LogP contribution >= 0.6 is 0 Å². The van der Waals surface area contributed by atoms with E-state index >= 15 is 0 Å². The Hall–Kier alpha value is -1.84. The van der Waals surface area contributed by atoms with Gasteiger partial charge in [0.25, 0.3) is 0 Å². The van der Waals surface area contributed by atoms with Crippen LogP contribution in [-0.2, 0) is 5.41 Å². The first-order valence-corrected chi connectivity index (χ1v) is 4.94. The summed E-state index contributed by atoms with van der Waals surface area (Å²) >= 11 is 0. The van der Waals surface area contributed by atoms with Gasteiger partial charge in [0.2, 0.25) is 5.89 Å². The summed E-state index contributed by atoms with van der Waals surface area (Å²) in [6, 6.07) is 7.89. The van der Waals surface area contributed by atoms with Gasteiger partial charge in [0.05, 0.1) is 5.41 Å². The zero-order chi connectivity index (χ0) is 10.3. The lowest BCUT2D eigenvalue weighted by Gasteiger charge is -2.10. The van der Waals surface area contributed by atoms with Crippen LogP contribution in [0.25, 0.3) is 0 Å². The molecule has 4 nitrogen and oxygen atoms in total. The first-order valence-electron chi connectivity index (χ1n) is 4.94. The first kappa shape index (κ1) is 8.47. The normalized spacial score (nSPS) is 17.6. The lowest BCUT2D eigenvalue weighted by atomic mass is 9.96. The molecule has 0 radical (unpaired) electrons. The van der Waals surface area contributed by atoms with E-state index in [4.69, 9.17) is 10.3 Å². The summed E-state index contributed by atoms with van der Waals surface area (Å²) in [7, 11) is 0. The van der Waals surface area contributed by atoms with E-state index in [9.17, 15) is 0 Å². The molecule has 0 aliphatic heterocycles. The van der Waals surface area contributed by atoms with Gasteiger partial charge in [-0.1, -0.05) is 17.3 Å². The number of hydrogen-bond acceptors (Lipinski definition) is 4. The predicted molar refractivity (Wildman–Crippen MR) is 55.2 cm³/mol. The summed E-state index contributed by atoms with van der Waals surface area (Å²) in [6.45, 7) is 0. The largest absolute Gasteiger partial charge is 0.399 e. The van der Waals surface area contributed by atoms with Crippen molar-refractivity contribution in [2.24, 2.45) is 0 Å². The van der Waals surface area contributed by atoms with Crippen molar-refractivity contribution in [3.05, 3.63) is 42.0 Å². The molecule has 1 aliphatic rings. The van der Waals surface area contributed by atoms with E-state index in [0.717, 1.165) is 18.5 Å². The van der Waals surface area contributed by atoms with Crippen LogP contribution in [-0.4, -0.2) is 10.1 Å². The summed E-state index contributed by atoms with van der Waals surface area (Å²) in [5, 5.41) is 3.66. The molecule has 0 amide bonds. The molecular weight excluding hydrogens is 190 g/mol. The van der Waals surface area contributed by atoms with Crippen molar-refractivity contribution < 1.29 is 4.52 Å². The molecule has 2 aromatic rings. The maximum absolute atomic E-state index is 5.66. The van der Waals surface area contributed by atoms with E-state index < -0.39 is 0 Å². The quantitative estimate of drug-likeness (QED) is 0.751. The van der Waals surface area contributed by atoms with Gasteiger partial charge in [-0.3, -0.25) is 0 Å². The molecule has 1 saturated carbocycles. The molecular formula is C11H11N3O. The second-order valence-corrected chi connectivity index (χ2v) is 3.95. The molecule has 76 valence electrons. The van der Waals surface area contributed by atoms with E-state index in [1.165, 1.54) is 11.9 Å². The zero-order valence-corrected chi connectivity index (χ0v) is 8.18. The van der Waals surface area contributed by atoms with E-state index in [1.54, 1.807) is 0 Å². The van der Waals surface area contributed by atoms with Crippen LogP contribution in [0.4, 0.5) is 5.69 Å². The van der Waals surface area contributed by atoms with Crippen LogP contribution in [0.15, 0.2) is 35.1 Å². The molecule has 1 aromatic heterocycles. The smallest absolute Gasteiger partial charge is 0.237 e. The van der Waals surface area contributed by atoms with Crippen LogP contribution < -0.4 is 5.73 Å². The van der Waals surface area contributed by atoms with E-state index in [0.29, 0.717) is 5.89 Å². The Bertz CT molecular complexity index is 457. The third kappa shape index (κ3) is 1.21. The number of rotatable bonds is 2. The first-order chi connectivity index (χ1) is 7.31. The van der Waals surface area contributed by atoms with Crippen LogP contribution in [0.1, 0.15) is 24.3 Å². The standard InChI is InChI=1S/C11H11N3O/c12-9-3-1-8(2-4-9)11(5-6-11)10-13-7-14-15-10/h1-4,7H,5-6,12H2. The highest BCUT2D eigenvalue weighted by atomic mass is 16.5. The van der Waals surface area contributed by atoms with Crippen LogP contribution in [0.2, 0.25) is 0 Å². The Labute approximate surface area is 87.1 Å². The molecule has 1 heterocycles. The molecule has 4 heteroatoms. The number of nitrogen functional groups attached to an aromatic ring is 1. The van der Waals surface area contributed by atoms with Gasteiger partial charge in [-0.05, 0) is 30.5 Å². The van der Waals surface area contributed by atoms with Gasteiger partial charge in [-0.2, -0.15) is 4.98 Å². The number of nitrogens with zero attached hydrogens (tertiary/aromatic N) is 2. The molecule has 2 N–H and O–H groups in total.